The van der Waals surface area contributed by atoms with Crippen LogP contribution in [0.15, 0.2) is 30.3 Å². The van der Waals surface area contributed by atoms with E-state index in [9.17, 15) is 14.4 Å². The number of amides is 1. The van der Waals surface area contributed by atoms with Gasteiger partial charge in [0.1, 0.15) is 11.8 Å². The molecule has 0 aliphatic carbocycles. The smallest absolute Gasteiger partial charge is 0.330 e. The normalized spacial score (nSPS) is 20.7. The molecule has 1 heterocycles. The Morgan fingerprint density at radius 1 is 1.16 bits per heavy atom. The molecule has 1 aliphatic rings. The predicted octanol–water partition coefficient (Wildman–Crippen LogP) is 3.43. The Hall–Kier alpha value is -2.17. The third-order valence-electron chi connectivity index (χ3n) is 4.39. The highest BCUT2D eigenvalue weighted by atomic mass is 16.6. The van der Waals surface area contributed by atoms with Crippen molar-refractivity contribution in [3.63, 3.8) is 0 Å². The summed E-state index contributed by atoms with van der Waals surface area (Å²) < 4.78 is 5.54. The number of esters is 1. The number of benzene rings is 1. The van der Waals surface area contributed by atoms with Gasteiger partial charge in [-0.05, 0) is 18.6 Å². The Bertz CT molecular complexity index is 645. The Morgan fingerprint density at radius 2 is 1.76 bits per heavy atom. The summed E-state index contributed by atoms with van der Waals surface area (Å²) in [5.41, 5.74) is 0.0897. The maximum atomic E-state index is 13.0. The highest BCUT2D eigenvalue weighted by molar-refractivity contribution is 5.98. The zero-order valence-electron chi connectivity index (χ0n) is 15.6. The lowest BCUT2D eigenvalue weighted by Gasteiger charge is -2.34. The van der Waals surface area contributed by atoms with E-state index in [1.807, 2.05) is 40.7 Å². The quantitative estimate of drug-likeness (QED) is 0.767. The first kappa shape index (κ1) is 19.2. The van der Waals surface area contributed by atoms with Gasteiger partial charge in [0.15, 0.2) is 6.23 Å². The molecular formula is C20H27NO4. The van der Waals surface area contributed by atoms with E-state index >= 15 is 0 Å². The summed E-state index contributed by atoms with van der Waals surface area (Å²) in [5.74, 6) is -0.678. The molecule has 1 aromatic carbocycles. The van der Waals surface area contributed by atoms with Crippen LogP contribution in [0.1, 0.15) is 57.8 Å². The van der Waals surface area contributed by atoms with Gasteiger partial charge < -0.3 is 4.74 Å². The number of carbonyl (C=O) groups is 3. The van der Waals surface area contributed by atoms with Gasteiger partial charge in [-0.2, -0.15) is 0 Å². The fourth-order valence-electron chi connectivity index (χ4n) is 2.92. The van der Waals surface area contributed by atoms with Crippen LogP contribution in [0.4, 0.5) is 0 Å². The molecule has 0 unspecified atom stereocenters. The van der Waals surface area contributed by atoms with Gasteiger partial charge in [0.25, 0.3) is 5.91 Å². The minimum Gasteiger partial charge on any atom is -0.439 e. The lowest BCUT2D eigenvalue weighted by Crippen LogP contribution is -2.48. The Kier molecular flexibility index (Phi) is 5.65. The third-order valence-corrected chi connectivity index (χ3v) is 4.39. The van der Waals surface area contributed by atoms with E-state index in [0.717, 1.165) is 0 Å². The molecule has 5 nitrogen and oxygen atoms in total. The highest BCUT2D eigenvalue weighted by Gasteiger charge is 2.49. The molecule has 25 heavy (non-hydrogen) atoms. The molecule has 0 aromatic heterocycles. The maximum Gasteiger partial charge on any atom is 0.330 e. The molecule has 0 spiro atoms. The second-order valence-corrected chi connectivity index (χ2v) is 7.91. The fourth-order valence-corrected chi connectivity index (χ4v) is 2.92. The van der Waals surface area contributed by atoms with E-state index in [4.69, 9.17) is 4.74 Å². The van der Waals surface area contributed by atoms with Gasteiger partial charge in [-0.3, -0.25) is 14.5 Å². The number of cyclic esters (lactones) is 1. The van der Waals surface area contributed by atoms with E-state index in [-0.39, 0.29) is 24.0 Å². The Labute approximate surface area is 149 Å². The summed E-state index contributed by atoms with van der Waals surface area (Å²) in [6.45, 7) is 9.45. The van der Waals surface area contributed by atoms with Crippen LogP contribution in [-0.4, -0.2) is 34.8 Å². The second kappa shape index (κ2) is 7.38. The summed E-state index contributed by atoms with van der Waals surface area (Å²) in [5, 5.41) is 0. The molecule has 1 saturated heterocycles. The molecule has 5 heteroatoms. The van der Waals surface area contributed by atoms with Crippen LogP contribution in [-0.2, 0) is 14.3 Å². The molecule has 0 N–H and O–H groups in total. The average Bonchev–Trinajstić information content (AvgIpc) is 2.89. The summed E-state index contributed by atoms with van der Waals surface area (Å²) in [6, 6.07) is 8.13. The van der Waals surface area contributed by atoms with Gasteiger partial charge in [-0.15, -0.1) is 0 Å². The Morgan fingerprint density at radius 3 is 2.28 bits per heavy atom. The molecule has 1 amide bonds. The summed E-state index contributed by atoms with van der Waals surface area (Å²) in [6.07, 6.45) is -0.0970. The molecule has 0 radical (unpaired) electrons. The third kappa shape index (κ3) is 4.27. The summed E-state index contributed by atoms with van der Waals surface area (Å²) in [7, 11) is 0. The van der Waals surface area contributed by atoms with E-state index in [2.05, 4.69) is 0 Å². The minimum atomic E-state index is -0.723. The van der Waals surface area contributed by atoms with Crippen LogP contribution in [0.25, 0.3) is 0 Å². The highest BCUT2D eigenvalue weighted by Crippen LogP contribution is 2.35. The molecule has 0 saturated carbocycles. The van der Waals surface area contributed by atoms with E-state index < -0.39 is 23.7 Å². The van der Waals surface area contributed by atoms with Gasteiger partial charge in [0.05, 0.1) is 0 Å². The van der Waals surface area contributed by atoms with Crippen molar-refractivity contribution in [3.8, 4) is 0 Å². The van der Waals surface area contributed by atoms with Gasteiger partial charge >= 0.3 is 5.97 Å². The number of rotatable bonds is 5. The first-order valence-electron chi connectivity index (χ1n) is 8.74. The number of ether oxygens (including phenoxy) is 1. The fraction of sp³-hybridized carbons (Fsp3) is 0.550. The number of Topliss-reactive ketones (excluding diaryl/α,β-unsaturated/α-hetero) is 1. The average molecular weight is 345 g/mol. The number of ketones is 1. The lowest BCUT2D eigenvalue weighted by atomic mass is 9.92. The number of hydrogen-bond acceptors (Lipinski definition) is 4. The number of nitrogens with zero attached hydrogens (tertiary/aromatic N) is 1. The van der Waals surface area contributed by atoms with Crippen LogP contribution in [0.5, 0.6) is 0 Å². The van der Waals surface area contributed by atoms with Gasteiger partial charge in [-0.1, -0.05) is 52.8 Å². The molecule has 2 rings (SSSR count). The van der Waals surface area contributed by atoms with E-state index in [0.29, 0.717) is 12.0 Å². The summed E-state index contributed by atoms with van der Waals surface area (Å²) in [4.78, 5) is 39.0. The Balaban J connectivity index is 2.30. The monoisotopic (exact) mass is 345 g/mol. The number of hydrogen-bond donors (Lipinski definition) is 0. The van der Waals surface area contributed by atoms with Gasteiger partial charge in [-0.25, -0.2) is 4.79 Å². The zero-order valence-corrected chi connectivity index (χ0v) is 15.6. The van der Waals surface area contributed by atoms with Gasteiger partial charge in [0.2, 0.25) is 0 Å². The first-order valence-corrected chi connectivity index (χ1v) is 8.74. The summed E-state index contributed by atoms with van der Waals surface area (Å²) >= 11 is 0. The van der Waals surface area contributed by atoms with Crippen molar-refractivity contribution in [2.24, 2.45) is 11.3 Å². The zero-order chi connectivity index (χ0) is 18.8. The van der Waals surface area contributed by atoms with Crippen LogP contribution < -0.4 is 0 Å². The maximum absolute atomic E-state index is 13.0. The van der Waals surface area contributed by atoms with E-state index in [1.54, 1.807) is 24.3 Å². The lowest BCUT2D eigenvalue weighted by molar-refractivity contribution is -0.147. The molecule has 2 atom stereocenters. The van der Waals surface area contributed by atoms with Crippen molar-refractivity contribution in [1.82, 2.24) is 4.90 Å². The molecule has 1 aliphatic heterocycles. The predicted molar refractivity (Wildman–Crippen MR) is 94.8 cm³/mol. The SMILES string of the molecule is CC(C)C(=O)CC[C@H]1C(=O)O[C@@H](C(C)(C)C)N1C(=O)c1ccccc1. The molecule has 136 valence electrons. The molecular weight excluding hydrogens is 318 g/mol. The van der Waals surface area contributed by atoms with E-state index in [1.165, 1.54) is 4.90 Å². The minimum absolute atomic E-state index is 0.0825. The second-order valence-electron chi connectivity index (χ2n) is 7.91. The van der Waals surface area contributed by atoms with Crippen molar-refractivity contribution < 1.29 is 19.1 Å². The topological polar surface area (TPSA) is 63.7 Å². The molecule has 0 bridgehead atoms. The van der Waals surface area contributed by atoms with Crippen molar-refractivity contribution >= 4 is 17.7 Å². The number of carbonyl (C=O) groups excluding carboxylic acids is 3. The van der Waals surface area contributed by atoms with Crippen molar-refractivity contribution in [1.29, 1.82) is 0 Å². The van der Waals surface area contributed by atoms with Crippen molar-refractivity contribution in [2.75, 3.05) is 0 Å². The standard InChI is InChI=1S/C20H27NO4/c1-13(2)16(22)12-11-15-18(24)25-19(20(3,4)5)21(15)17(23)14-9-7-6-8-10-14/h6-10,13,15,19H,11-12H2,1-5H3/t15-,19-/m0/s1. The van der Waals surface area contributed by atoms with Crippen LogP contribution in [0.3, 0.4) is 0 Å². The largest absolute Gasteiger partial charge is 0.439 e. The van der Waals surface area contributed by atoms with Gasteiger partial charge in [0, 0.05) is 23.3 Å². The van der Waals surface area contributed by atoms with Crippen molar-refractivity contribution in [2.45, 2.75) is 59.7 Å². The first-order chi connectivity index (χ1) is 11.6. The molecule has 1 aromatic rings. The van der Waals surface area contributed by atoms with Crippen LogP contribution in [0, 0.1) is 11.3 Å². The molecule has 1 fully saturated rings. The van der Waals surface area contributed by atoms with Crippen LogP contribution in [0.2, 0.25) is 0 Å². The van der Waals surface area contributed by atoms with Crippen molar-refractivity contribution in [3.05, 3.63) is 35.9 Å². The van der Waals surface area contributed by atoms with Crippen LogP contribution >= 0.6 is 0 Å².